The fourth-order valence-electron chi connectivity index (χ4n) is 1.03. The van der Waals surface area contributed by atoms with Gasteiger partial charge >= 0.3 is 23.9 Å². The van der Waals surface area contributed by atoms with Crippen LogP contribution in [0.1, 0.15) is 34.6 Å². The lowest BCUT2D eigenvalue weighted by molar-refractivity contribution is -0.154. The molecule has 9 nitrogen and oxygen atoms in total. The molecule has 0 heterocycles. The van der Waals surface area contributed by atoms with Gasteiger partial charge < -0.3 is 24.2 Å². The SMILES string of the molecule is C=C(C)C(=O)O.C=C(C)C(=O)OCC(=O)OC.CCN(CC)CC.COC(=O)CBr. The molecule has 0 aromatic heterocycles. The predicted octanol–water partition coefficient (Wildman–Crippen LogP) is 2.83. The summed E-state index contributed by atoms with van der Waals surface area (Å²) in [5.41, 5.74) is 0.434. The molecule has 0 radical (unpaired) electrons. The molecular weight excluding hydrogens is 462 g/mol. The number of carbonyl (C=O) groups is 4. The molecule has 0 spiro atoms. The van der Waals surface area contributed by atoms with E-state index in [2.05, 4.69) is 69.0 Å². The molecule has 0 rings (SSSR count). The molecule has 1 N–H and O–H groups in total. The summed E-state index contributed by atoms with van der Waals surface area (Å²) in [5, 5.41) is 8.17. The second-order valence-corrected chi connectivity index (χ2v) is 5.91. The number of halogens is 1. The molecule has 0 fully saturated rings. The molecule has 0 aliphatic heterocycles. The first kappa shape index (κ1) is 35.3. The van der Waals surface area contributed by atoms with Crippen LogP contribution in [0.15, 0.2) is 24.3 Å². The number of ether oxygens (including phenoxy) is 3. The summed E-state index contributed by atoms with van der Waals surface area (Å²) < 4.78 is 12.9. The number of carboxylic acids is 1. The van der Waals surface area contributed by atoms with Gasteiger partial charge in [-0.15, -0.1) is 0 Å². The van der Waals surface area contributed by atoms with E-state index in [0.29, 0.717) is 0 Å². The van der Waals surface area contributed by atoms with Gasteiger partial charge in [-0.05, 0) is 33.5 Å². The number of esters is 3. The van der Waals surface area contributed by atoms with E-state index in [1.807, 2.05) is 0 Å². The maximum Gasteiger partial charge on any atom is 0.344 e. The van der Waals surface area contributed by atoms with Crippen molar-refractivity contribution in [3.63, 3.8) is 0 Å². The van der Waals surface area contributed by atoms with Gasteiger partial charge in [0.2, 0.25) is 0 Å². The average Bonchev–Trinajstić information content (AvgIpc) is 2.73. The number of alkyl halides is 1. The predicted molar refractivity (Wildman–Crippen MR) is 120 cm³/mol. The third kappa shape index (κ3) is 30.5. The fourth-order valence-corrected chi connectivity index (χ4v) is 1.26. The number of methoxy groups -OCH3 is 2. The second-order valence-electron chi connectivity index (χ2n) is 5.35. The number of carbonyl (C=O) groups excluding carboxylic acids is 3. The van der Waals surface area contributed by atoms with Crippen molar-refractivity contribution >= 4 is 39.8 Å². The van der Waals surface area contributed by atoms with Crippen molar-refractivity contribution in [2.75, 3.05) is 45.8 Å². The molecular formula is C20H36BrNO8. The van der Waals surface area contributed by atoms with Crippen molar-refractivity contribution in [2.24, 2.45) is 0 Å². The molecule has 0 bridgehead atoms. The first-order valence-corrected chi connectivity index (χ1v) is 10.1. The van der Waals surface area contributed by atoms with E-state index >= 15 is 0 Å². The first-order valence-electron chi connectivity index (χ1n) is 9.01. The van der Waals surface area contributed by atoms with Gasteiger partial charge in [-0.2, -0.15) is 0 Å². The molecule has 30 heavy (non-hydrogen) atoms. The minimum atomic E-state index is -0.935. The Morgan fingerprint density at radius 3 is 1.37 bits per heavy atom. The zero-order chi connectivity index (χ0) is 24.7. The van der Waals surface area contributed by atoms with Gasteiger partial charge in [-0.3, -0.25) is 4.79 Å². The van der Waals surface area contributed by atoms with Gasteiger partial charge in [-0.1, -0.05) is 49.9 Å². The van der Waals surface area contributed by atoms with Crippen LogP contribution in [0.3, 0.4) is 0 Å². The van der Waals surface area contributed by atoms with E-state index in [-0.39, 0.29) is 29.1 Å². The van der Waals surface area contributed by atoms with Crippen molar-refractivity contribution in [3.8, 4) is 0 Å². The van der Waals surface area contributed by atoms with Gasteiger partial charge in [0, 0.05) is 11.1 Å². The Hall–Kier alpha value is -2.20. The summed E-state index contributed by atoms with van der Waals surface area (Å²) in [6.07, 6.45) is 0. The van der Waals surface area contributed by atoms with Gasteiger partial charge in [0.25, 0.3) is 0 Å². The van der Waals surface area contributed by atoms with Crippen molar-refractivity contribution in [3.05, 3.63) is 24.3 Å². The Morgan fingerprint density at radius 2 is 1.23 bits per heavy atom. The molecule has 176 valence electrons. The Labute approximate surface area is 188 Å². The van der Waals surface area contributed by atoms with E-state index in [1.165, 1.54) is 47.7 Å². The Bertz CT molecular complexity index is 507. The lowest BCUT2D eigenvalue weighted by atomic mass is 10.4. The van der Waals surface area contributed by atoms with Crippen LogP contribution in [0.25, 0.3) is 0 Å². The van der Waals surface area contributed by atoms with Crippen LogP contribution >= 0.6 is 15.9 Å². The molecule has 0 atom stereocenters. The lowest BCUT2D eigenvalue weighted by Crippen LogP contribution is -2.21. The van der Waals surface area contributed by atoms with Crippen LogP contribution < -0.4 is 0 Å². The minimum Gasteiger partial charge on any atom is -0.478 e. The number of nitrogens with zero attached hydrogens (tertiary/aromatic N) is 1. The van der Waals surface area contributed by atoms with Crippen LogP contribution in [-0.4, -0.2) is 79.7 Å². The maximum atomic E-state index is 10.6. The molecule has 0 unspecified atom stereocenters. The van der Waals surface area contributed by atoms with E-state index in [9.17, 15) is 19.2 Å². The monoisotopic (exact) mass is 497 g/mol. The van der Waals surface area contributed by atoms with Gasteiger partial charge in [0.05, 0.1) is 14.2 Å². The van der Waals surface area contributed by atoms with Crippen molar-refractivity contribution < 1.29 is 38.5 Å². The first-order chi connectivity index (χ1) is 13.9. The standard InChI is InChI=1S/C7H10O4.C6H15N.C4H6O2.C3H5BrO2/c1-5(2)7(9)11-4-6(8)10-3;1-4-7(5-2)6-3;1-3(2)4(5)6;1-6-3(5)2-4/h1,4H2,2-3H3;4-6H2,1-3H3;1H2,2H3,(H,5,6);2H2,1H3. The van der Waals surface area contributed by atoms with E-state index in [0.717, 1.165) is 0 Å². The van der Waals surface area contributed by atoms with Crippen molar-refractivity contribution in [1.82, 2.24) is 4.90 Å². The Balaban J connectivity index is -0.000000157. The fraction of sp³-hybridized carbons (Fsp3) is 0.600. The van der Waals surface area contributed by atoms with Gasteiger partial charge in [0.1, 0.15) is 5.33 Å². The summed E-state index contributed by atoms with van der Waals surface area (Å²) in [6.45, 7) is 19.2. The van der Waals surface area contributed by atoms with Crippen LogP contribution in [0.2, 0.25) is 0 Å². The molecule has 0 aliphatic rings. The van der Waals surface area contributed by atoms with Crippen LogP contribution in [0, 0.1) is 0 Å². The number of aliphatic carboxylic acids is 1. The third-order valence-corrected chi connectivity index (χ3v) is 3.40. The van der Waals surface area contributed by atoms with Crippen LogP contribution in [0.4, 0.5) is 0 Å². The van der Waals surface area contributed by atoms with Crippen molar-refractivity contribution in [1.29, 1.82) is 0 Å². The number of rotatable bonds is 8. The summed E-state index contributed by atoms with van der Waals surface area (Å²) in [5.74, 6) is -2.35. The van der Waals surface area contributed by atoms with Crippen LogP contribution in [0.5, 0.6) is 0 Å². The van der Waals surface area contributed by atoms with Gasteiger partial charge in [-0.25, -0.2) is 14.4 Å². The molecule has 0 aliphatic carbocycles. The highest BCUT2D eigenvalue weighted by atomic mass is 79.9. The summed E-state index contributed by atoms with van der Waals surface area (Å²) in [6, 6.07) is 0. The zero-order valence-corrected chi connectivity index (χ0v) is 20.7. The van der Waals surface area contributed by atoms with E-state index in [1.54, 1.807) is 0 Å². The Kier molecular flexibility index (Phi) is 29.2. The number of hydrogen-bond donors (Lipinski definition) is 1. The van der Waals surface area contributed by atoms with Crippen LogP contribution in [-0.2, 0) is 33.4 Å². The van der Waals surface area contributed by atoms with E-state index < -0.39 is 17.9 Å². The maximum absolute atomic E-state index is 10.6. The molecule has 0 aromatic rings. The normalized spacial score (nSPS) is 8.57. The highest BCUT2D eigenvalue weighted by molar-refractivity contribution is 9.09. The Morgan fingerprint density at radius 1 is 0.867 bits per heavy atom. The van der Waals surface area contributed by atoms with Gasteiger partial charge in [0.15, 0.2) is 6.61 Å². The third-order valence-electron chi connectivity index (χ3n) is 2.94. The number of hydrogen-bond acceptors (Lipinski definition) is 8. The molecule has 0 aromatic carbocycles. The highest BCUT2D eigenvalue weighted by Gasteiger charge is 2.06. The average molecular weight is 498 g/mol. The summed E-state index contributed by atoms with van der Waals surface area (Å²) >= 11 is 2.90. The molecule has 0 amide bonds. The summed E-state index contributed by atoms with van der Waals surface area (Å²) in [4.78, 5) is 42.9. The molecule has 10 heteroatoms. The largest absolute Gasteiger partial charge is 0.478 e. The quantitative estimate of drug-likeness (QED) is 0.233. The lowest BCUT2D eigenvalue weighted by Gasteiger charge is -2.13. The smallest absolute Gasteiger partial charge is 0.344 e. The second kappa shape index (κ2) is 24.8. The number of carboxylic acid groups (broad SMARTS) is 1. The summed E-state index contributed by atoms with van der Waals surface area (Å²) in [7, 11) is 2.57. The zero-order valence-electron chi connectivity index (χ0n) is 19.1. The minimum absolute atomic E-state index is 0.176. The topological polar surface area (TPSA) is 119 Å². The highest BCUT2D eigenvalue weighted by Crippen LogP contribution is 1.91. The van der Waals surface area contributed by atoms with E-state index in [4.69, 9.17) is 5.11 Å². The van der Waals surface area contributed by atoms with Crippen molar-refractivity contribution in [2.45, 2.75) is 34.6 Å². The molecule has 0 saturated heterocycles. The molecule has 0 saturated carbocycles.